The van der Waals surface area contributed by atoms with E-state index in [0.29, 0.717) is 17.2 Å². The van der Waals surface area contributed by atoms with Gasteiger partial charge in [-0.25, -0.2) is 4.79 Å². The number of hydrogen-bond acceptors (Lipinski definition) is 4. The van der Waals surface area contributed by atoms with Crippen molar-refractivity contribution in [3.8, 4) is 5.75 Å². The summed E-state index contributed by atoms with van der Waals surface area (Å²) in [6, 6.07) is 21.5. The number of carboxylic acids is 1. The van der Waals surface area contributed by atoms with Gasteiger partial charge in [-0.15, -0.1) is 13.2 Å². The lowest BCUT2D eigenvalue weighted by Crippen LogP contribution is -2.44. The van der Waals surface area contributed by atoms with E-state index in [1.54, 1.807) is 29.2 Å². The normalized spacial score (nSPS) is 16.7. The van der Waals surface area contributed by atoms with Gasteiger partial charge in [0.2, 0.25) is 0 Å². The lowest BCUT2D eigenvalue weighted by atomic mass is 9.81. The van der Waals surface area contributed by atoms with Crippen molar-refractivity contribution in [1.82, 2.24) is 10.2 Å². The van der Waals surface area contributed by atoms with Crippen LogP contribution in [0.5, 0.6) is 5.75 Å². The molecular weight excluding hydrogens is 551 g/mol. The monoisotopic (exact) mass is 583 g/mol. The number of nitrogens with zero attached hydrogens (tertiary/aromatic N) is 1. The Bertz CT molecular complexity index is 1340. The Morgan fingerprint density at radius 3 is 2.12 bits per heavy atom. The number of amides is 3. The van der Waals surface area contributed by atoms with Crippen LogP contribution in [0.3, 0.4) is 0 Å². The number of nitrogens with one attached hydrogen (secondary N) is 2. The summed E-state index contributed by atoms with van der Waals surface area (Å²) >= 11 is 0. The number of carboxylic acid groups (broad SMARTS) is 1. The number of benzene rings is 3. The van der Waals surface area contributed by atoms with Crippen LogP contribution in [0.1, 0.15) is 59.5 Å². The second-order valence-electron chi connectivity index (χ2n) is 10.1. The lowest BCUT2D eigenvalue weighted by Gasteiger charge is -2.37. The van der Waals surface area contributed by atoms with E-state index in [9.17, 15) is 27.6 Å². The van der Waals surface area contributed by atoms with Crippen LogP contribution in [-0.4, -0.2) is 46.9 Å². The number of aliphatic carboxylic acids is 1. The molecule has 1 saturated carbocycles. The number of halogens is 3. The van der Waals surface area contributed by atoms with Crippen LogP contribution in [0.25, 0.3) is 0 Å². The summed E-state index contributed by atoms with van der Waals surface area (Å²) in [4.78, 5) is 38.2. The number of urea groups is 1. The van der Waals surface area contributed by atoms with Crippen LogP contribution < -0.4 is 15.4 Å². The zero-order valence-electron chi connectivity index (χ0n) is 22.8. The van der Waals surface area contributed by atoms with Gasteiger partial charge in [-0.05, 0) is 79.1 Å². The minimum absolute atomic E-state index is 0.0127. The first-order chi connectivity index (χ1) is 20.1. The molecule has 3 amide bonds. The molecule has 8 nitrogen and oxygen atoms in total. The average molecular weight is 584 g/mol. The summed E-state index contributed by atoms with van der Waals surface area (Å²) in [5.74, 6) is -1.39. The number of hydrogen-bond donors (Lipinski definition) is 3. The van der Waals surface area contributed by atoms with E-state index in [1.807, 2.05) is 18.2 Å². The fourth-order valence-electron chi connectivity index (χ4n) is 5.09. The third-order valence-electron chi connectivity index (χ3n) is 7.20. The molecule has 1 aliphatic rings. The maximum Gasteiger partial charge on any atom is 0.573 e. The minimum atomic E-state index is -4.81. The SMILES string of the molecule is O=C(O)CCNC(=O)c1ccc(CN(C(=O)Nc2ccc(OC(F)(F)F)cc2)[C@H]2CC[C@@H](c3ccccc3)CC2)cc1. The van der Waals surface area contributed by atoms with Crippen molar-refractivity contribution in [2.45, 2.75) is 57.0 Å². The zero-order valence-corrected chi connectivity index (χ0v) is 22.8. The number of carbonyl (C=O) groups is 3. The smallest absolute Gasteiger partial charge is 0.481 e. The summed E-state index contributed by atoms with van der Waals surface area (Å²) < 4.78 is 41.5. The van der Waals surface area contributed by atoms with Gasteiger partial charge >= 0.3 is 18.4 Å². The molecule has 3 N–H and O–H groups in total. The highest BCUT2D eigenvalue weighted by molar-refractivity contribution is 5.94. The molecule has 42 heavy (non-hydrogen) atoms. The second kappa shape index (κ2) is 13.9. The molecule has 0 atom stereocenters. The van der Waals surface area contributed by atoms with Gasteiger partial charge < -0.3 is 25.4 Å². The van der Waals surface area contributed by atoms with Crippen molar-refractivity contribution in [3.05, 3.63) is 95.6 Å². The van der Waals surface area contributed by atoms with Gasteiger partial charge in [0.05, 0.1) is 6.42 Å². The summed E-state index contributed by atoms with van der Waals surface area (Å²) in [6.45, 7) is 0.265. The van der Waals surface area contributed by atoms with Crippen molar-refractivity contribution >= 4 is 23.6 Å². The van der Waals surface area contributed by atoms with Crippen LogP contribution in [0.2, 0.25) is 0 Å². The average Bonchev–Trinajstić information content (AvgIpc) is 2.97. The van der Waals surface area contributed by atoms with E-state index in [1.165, 1.54) is 17.7 Å². The summed E-state index contributed by atoms with van der Waals surface area (Å²) in [5, 5.41) is 14.1. The molecule has 0 spiro atoms. The van der Waals surface area contributed by atoms with Crippen molar-refractivity contribution in [2.75, 3.05) is 11.9 Å². The fraction of sp³-hybridized carbons (Fsp3) is 0.323. The first kappa shape index (κ1) is 30.4. The molecular formula is C31H32F3N3O5. The fourth-order valence-corrected chi connectivity index (χ4v) is 5.09. The zero-order chi connectivity index (χ0) is 30.1. The van der Waals surface area contributed by atoms with Gasteiger partial charge in [0.1, 0.15) is 5.75 Å². The summed E-state index contributed by atoms with van der Waals surface area (Å²) in [6.07, 6.45) is -1.65. The van der Waals surface area contributed by atoms with Gasteiger partial charge in [0.15, 0.2) is 0 Å². The Hall–Kier alpha value is -4.54. The Balaban J connectivity index is 1.45. The van der Waals surface area contributed by atoms with Crippen molar-refractivity contribution in [2.24, 2.45) is 0 Å². The van der Waals surface area contributed by atoms with E-state index in [4.69, 9.17) is 5.11 Å². The Kier molecular flexibility index (Phi) is 10.1. The molecule has 4 rings (SSSR count). The highest BCUT2D eigenvalue weighted by Gasteiger charge is 2.32. The predicted molar refractivity (Wildman–Crippen MR) is 150 cm³/mol. The Labute approximate surface area is 241 Å². The van der Waals surface area contributed by atoms with E-state index in [0.717, 1.165) is 43.4 Å². The van der Waals surface area contributed by atoms with Crippen molar-refractivity contribution < 1.29 is 37.4 Å². The van der Waals surface area contributed by atoms with Crippen LogP contribution in [0.15, 0.2) is 78.9 Å². The first-order valence-electron chi connectivity index (χ1n) is 13.6. The molecule has 3 aromatic carbocycles. The molecule has 0 unspecified atom stereocenters. The molecule has 1 aliphatic carbocycles. The summed E-state index contributed by atoms with van der Waals surface area (Å²) in [7, 11) is 0. The standard InChI is InChI=1S/C31H32F3N3O5/c32-31(33,34)42-27-16-12-25(13-17-27)36-30(41)37(26-14-10-23(11-15-26)22-4-2-1-3-5-22)20-21-6-8-24(9-7-21)29(40)35-19-18-28(38)39/h1-9,12-13,16-17,23,26H,10-11,14-15,18-20H2,(H,35,40)(H,36,41)(H,38,39)/t23-,26+. The van der Waals surface area contributed by atoms with Crippen LogP contribution in [0.4, 0.5) is 23.7 Å². The van der Waals surface area contributed by atoms with Crippen LogP contribution >= 0.6 is 0 Å². The third kappa shape index (κ3) is 8.98. The van der Waals surface area contributed by atoms with Gasteiger partial charge in [0, 0.05) is 30.4 Å². The van der Waals surface area contributed by atoms with E-state index < -0.39 is 24.3 Å². The van der Waals surface area contributed by atoms with Gasteiger partial charge in [-0.2, -0.15) is 0 Å². The first-order valence-corrected chi connectivity index (χ1v) is 13.6. The minimum Gasteiger partial charge on any atom is -0.481 e. The van der Waals surface area contributed by atoms with Crippen LogP contribution in [0, 0.1) is 0 Å². The molecule has 11 heteroatoms. The highest BCUT2D eigenvalue weighted by Crippen LogP contribution is 2.35. The van der Waals surface area contributed by atoms with Crippen molar-refractivity contribution in [1.29, 1.82) is 0 Å². The molecule has 3 aromatic rings. The molecule has 0 heterocycles. The van der Waals surface area contributed by atoms with Gasteiger partial charge in [0.25, 0.3) is 5.91 Å². The number of anilines is 1. The molecule has 0 aromatic heterocycles. The topological polar surface area (TPSA) is 108 Å². The molecule has 0 aliphatic heterocycles. The Morgan fingerprint density at radius 2 is 1.52 bits per heavy atom. The quantitative estimate of drug-likeness (QED) is 0.251. The lowest BCUT2D eigenvalue weighted by molar-refractivity contribution is -0.274. The number of alkyl halides is 3. The molecule has 0 radical (unpaired) electrons. The largest absolute Gasteiger partial charge is 0.573 e. The number of carbonyl (C=O) groups excluding carboxylic acids is 2. The van der Waals surface area contributed by atoms with Crippen LogP contribution in [-0.2, 0) is 11.3 Å². The maximum absolute atomic E-state index is 13.5. The third-order valence-corrected chi connectivity index (χ3v) is 7.20. The number of rotatable bonds is 10. The molecule has 222 valence electrons. The maximum atomic E-state index is 13.5. The Morgan fingerprint density at radius 1 is 0.881 bits per heavy atom. The molecule has 1 fully saturated rings. The van der Waals surface area contributed by atoms with E-state index >= 15 is 0 Å². The molecule has 0 saturated heterocycles. The number of ether oxygens (including phenoxy) is 1. The van der Waals surface area contributed by atoms with Gasteiger partial charge in [-0.3, -0.25) is 9.59 Å². The molecule has 0 bridgehead atoms. The predicted octanol–water partition coefficient (Wildman–Crippen LogP) is 6.55. The second-order valence-corrected chi connectivity index (χ2v) is 10.1. The van der Waals surface area contributed by atoms with Gasteiger partial charge in [-0.1, -0.05) is 42.5 Å². The van der Waals surface area contributed by atoms with Crippen molar-refractivity contribution in [3.63, 3.8) is 0 Å². The summed E-state index contributed by atoms with van der Waals surface area (Å²) in [5.41, 5.74) is 2.74. The van der Waals surface area contributed by atoms with E-state index in [-0.39, 0.29) is 31.3 Å². The highest BCUT2D eigenvalue weighted by atomic mass is 19.4. The van der Waals surface area contributed by atoms with E-state index in [2.05, 4.69) is 27.5 Å².